The van der Waals surface area contributed by atoms with Crippen LogP contribution in [0, 0.1) is 5.41 Å². The summed E-state index contributed by atoms with van der Waals surface area (Å²) in [5.41, 5.74) is 6.23. The summed E-state index contributed by atoms with van der Waals surface area (Å²) in [6.07, 6.45) is 9.98. The first-order chi connectivity index (χ1) is 13.7. The van der Waals surface area contributed by atoms with E-state index in [1.165, 1.54) is 49.7 Å². The molecule has 1 fully saturated rings. The second-order valence-corrected chi connectivity index (χ2v) is 9.69. The summed E-state index contributed by atoms with van der Waals surface area (Å²) in [4.78, 5) is 24.5. The van der Waals surface area contributed by atoms with Gasteiger partial charge in [0, 0.05) is 11.8 Å². The van der Waals surface area contributed by atoms with Gasteiger partial charge in [-0.15, -0.1) is 0 Å². The highest BCUT2D eigenvalue weighted by molar-refractivity contribution is 5.93. The molecule has 1 aliphatic carbocycles. The van der Waals surface area contributed by atoms with Gasteiger partial charge in [-0.3, -0.25) is 4.79 Å². The zero-order valence-electron chi connectivity index (χ0n) is 18.8. The van der Waals surface area contributed by atoms with Gasteiger partial charge < -0.3 is 10.5 Å². The van der Waals surface area contributed by atoms with E-state index in [0.717, 1.165) is 12.8 Å². The average Bonchev–Trinajstić information content (AvgIpc) is 3.08. The SMILES string of the molecule is CCCCCCCCc1ccc(C2CCC(OC(N)=O)(C(=O)C(C)(C)C)C2)cc1. The summed E-state index contributed by atoms with van der Waals surface area (Å²) >= 11 is 0. The van der Waals surface area contributed by atoms with Gasteiger partial charge in [0.15, 0.2) is 11.4 Å². The molecule has 1 aromatic carbocycles. The summed E-state index contributed by atoms with van der Waals surface area (Å²) in [7, 11) is 0. The van der Waals surface area contributed by atoms with Crippen LogP contribution in [0.4, 0.5) is 4.79 Å². The van der Waals surface area contributed by atoms with Gasteiger partial charge in [-0.25, -0.2) is 4.79 Å². The molecule has 0 radical (unpaired) electrons. The first-order valence-electron chi connectivity index (χ1n) is 11.3. The lowest BCUT2D eigenvalue weighted by molar-refractivity contribution is -0.145. The monoisotopic (exact) mass is 401 g/mol. The number of nitrogens with two attached hydrogens (primary N) is 1. The maximum atomic E-state index is 13.0. The third-order valence-electron chi connectivity index (χ3n) is 6.13. The minimum Gasteiger partial charge on any atom is -0.435 e. The Balaban J connectivity index is 1.97. The van der Waals surface area contributed by atoms with Gasteiger partial charge in [-0.1, -0.05) is 84.1 Å². The van der Waals surface area contributed by atoms with Crippen molar-refractivity contribution in [2.24, 2.45) is 11.1 Å². The van der Waals surface area contributed by atoms with E-state index < -0.39 is 17.1 Å². The quantitative estimate of drug-likeness (QED) is 0.467. The van der Waals surface area contributed by atoms with Gasteiger partial charge in [0.2, 0.25) is 0 Å². The number of primary amides is 1. The first-order valence-corrected chi connectivity index (χ1v) is 11.3. The second-order valence-electron chi connectivity index (χ2n) is 9.69. The summed E-state index contributed by atoms with van der Waals surface area (Å²) in [6.45, 7) is 7.85. The molecule has 1 amide bonds. The second kappa shape index (κ2) is 10.3. The van der Waals surface area contributed by atoms with Gasteiger partial charge in [0.05, 0.1) is 0 Å². The topological polar surface area (TPSA) is 69.4 Å². The Hall–Kier alpha value is -1.84. The Kier molecular flexibility index (Phi) is 8.30. The van der Waals surface area contributed by atoms with Crippen molar-refractivity contribution in [3.63, 3.8) is 0 Å². The van der Waals surface area contributed by atoms with Crippen molar-refractivity contribution in [2.45, 2.75) is 103 Å². The zero-order valence-corrected chi connectivity index (χ0v) is 18.8. The molecule has 0 aromatic heterocycles. The Labute approximate surface area is 176 Å². The molecule has 0 saturated heterocycles. The molecule has 162 valence electrons. The normalized spacial score (nSPS) is 21.9. The van der Waals surface area contributed by atoms with Crippen LogP contribution < -0.4 is 5.73 Å². The smallest absolute Gasteiger partial charge is 0.405 e. The minimum atomic E-state index is -1.09. The van der Waals surface area contributed by atoms with E-state index in [0.29, 0.717) is 12.8 Å². The molecule has 2 rings (SSSR count). The first kappa shape index (κ1) is 23.4. The fraction of sp³-hybridized carbons (Fsp3) is 0.680. The van der Waals surface area contributed by atoms with Crippen LogP contribution in [0.1, 0.15) is 103 Å². The fourth-order valence-corrected chi connectivity index (χ4v) is 4.58. The van der Waals surface area contributed by atoms with Crippen molar-refractivity contribution in [3.8, 4) is 0 Å². The Bertz CT molecular complexity index is 674. The molecule has 4 heteroatoms. The van der Waals surface area contributed by atoms with Crippen molar-refractivity contribution in [3.05, 3.63) is 35.4 Å². The molecule has 29 heavy (non-hydrogen) atoms. The van der Waals surface area contributed by atoms with Crippen LogP contribution in [-0.4, -0.2) is 17.5 Å². The van der Waals surface area contributed by atoms with Gasteiger partial charge in [-0.2, -0.15) is 0 Å². The Morgan fingerprint density at radius 3 is 2.28 bits per heavy atom. The van der Waals surface area contributed by atoms with Crippen LogP contribution in [0.3, 0.4) is 0 Å². The number of hydrogen-bond acceptors (Lipinski definition) is 3. The number of carbonyl (C=O) groups is 2. The molecule has 0 aliphatic heterocycles. The van der Waals surface area contributed by atoms with Gasteiger partial charge >= 0.3 is 6.09 Å². The number of aryl methyl sites for hydroxylation is 1. The number of unbranched alkanes of at least 4 members (excludes halogenated alkanes) is 5. The molecule has 2 N–H and O–H groups in total. The van der Waals surface area contributed by atoms with Gasteiger partial charge in [-0.05, 0) is 42.7 Å². The summed E-state index contributed by atoms with van der Waals surface area (Å²) in [5, 5.41) is 0. The van der Waals surface area contributed by atoms with Crippen LogP contribution >= 0.6 is 0 Å². The van der Waals surface area contributed by atoms with Gasteiger partial charge in [0.25, 0.3) is 0 Å². The van der Waals surface area contributed by atoms with E-state index in [1.54, 1.807) is 0 Å². The maximum absolute atomic E-state index is 13.0. The predicted octanol–water partition coefficient (Wildman–Crippen LogP) is 6.31. The molecule has 1 saturated carbocycles. The van der Waals surface area contributed by atoms with E-state index in [4.69, 9.17) is 10.5 Å². The van der Waals surface area contributed by atoms with E-state index >= 15 is 0 Å². The van der Waals surface area contributed by atoms with E-state index in [9.17, 15) is 9.59 Å². The molecular formula is C25H39NO3. The standard InChI is InChI=1S/C25H39NO3/c1-5-6-7-8-9-10-11-19-12-14-20(15-13-19)21-16-17-25(18-21,29-23(26)28)22(27)24(2,3)4/h12-15,21H,5-11,16-18H2,1-4H3,(H2,26,28). The number of Topliss-reactive ketones (excluding diaryl/α,β-unsaturated/α-hetero) is 1. The minimum absolute atomic E-state index is 0.0361. The lowest BCUT2D eigenvalue weighted by Gasteiger charge is -2.33. The lowest BCUT2D eigenvalue weighted by Crippen LogP contribution is -2.48. The third kappa shape index (κ3) is 6.58. The number of hydrogen-bond donors (Lipinski definition) is 1. The van der Waals surface area contributed by atoms with Crippen molar-refractivity contribution in [1.29, 1.82) is 0 Å². The van der Waals surface area contributed by atoms with Gasteiger partial charge in [0.1, 0.15) is 0 Å². The molecule has 2 atom stereocenters. The molecule has 2 unspecified atom stereocenters. The number of ether oxygens (including phenoxy) is 1. The highest BCUT2D eigenvalue weighted by Crippen LogP contribution is 2.46. The average molecular weight is 402 g/mol. The maximum Gasteiger partial charge on any atom is 0.405 e. The molecule has 0 heterocycles. The van der Waals surface area contributed by atoms with E-state index in [1.807, 2.05) is 20.8 Å². The third-order valence-corrected chi connectivity index (χ3v) is 6.13. The Morgan fingerprint density at radius 2 is 1.69 bits per heavy atom. The molecule has 4 nitrogen and oxygen atoms in total. The molecule has 1 aliphatic rings. The number of amides is 1. The van der Waals surface area contributed by atoms with Crippen LogP contribution in [0.15, 0.2) is 24.3 Å². The molecule has 0 spiro atoms. The number of ketones is 1. The van der Waals surface area contributed by atoms with Crippen molar-refractivity contribution in [1.82, 2.24) is 0 Å². The number of benzene rings is 1. The van der Waals surface area contributed by atoms with E-state index in [-0.39, 0.29) is 11.7 Å². The van der Waals surface area contributed by atoms with Crippen LogP contribution in [0.5, 0.6) is 0 Å². The fourth-order valence-electron chi connectivity index (χ4n) is 4.58. The van der Waals surface area contributed by atoms with Crippen LogP contribution in [0.2, 0.25) is 0 Å². The molecular weight excluding hydrogens is 362 g/mol. The zero-order chi connectivity index (χ0) is 21.5. The van der Waals surface area contributed by atoms with Crippen molar-refractivity contribution >= 4 is 11.9 Å². The summed E-state index contributed by atoms with van der Waals surface area (Å²) in [6, 6.07) is 8.78. The number of rotatable bonds is 10. The Morgan fingerprint density at radius 1 is 1.07 bits per heavy atom. The van der Waals surface area contributed by atoms with Crippen molar-refractivity contribution < 1.29 is 14.3 Å². The predicted molar refractivity (Wildman–Crippen MR) is 118 cm³/mol. The largest absolute Gasteiger partial charge is 0.435 e. The highest BCUT2D eigenvalue weighted by atomic mass is 16.6. The molecule has 1 aromatic rings. The lowest BCUT2D eigenvalue weighted by atomic mass is 9.78. The molecule has 0 bridgehead atoms. The highest BCUT2D eigenvalue weighted by Gasteiger charge is 2.51. The van der Waals surface area contributed by atoms with Crippen molar-refractivity contribution in [2.75, 3.05) is 0 Å². The number of carbonyl (C=O) groups excluding carboxylic acids is 2. The summed E-state index contributed by atoms with van der Waals surface area (Å²) in [5.74, 6) is 0.176. The van der Waals surface area contributed by atoms with Crippen LogP contribution in [-0.2, 0) is 16.0 Å². The summed E-state index contributed by atoms with van der Waals surface area (Å²) < 4.78 is 5.45. The van der Waals surface area contributed by atoms with Crippen LogP contribution in [0.25, 0.3) is 0 Å². The van der Waals surface area contributed by atoms with E-state index in [2.05, 4.69) is 31.2 Å².